The van der Waals surface area contributed by atoms with Gasteiger partial charge in [0.05, 0.1) is 85.9 Å². The minimum absolute atomic E-state index is 0.136. The molecular weight excluding hydrogens is 444 g/mol. The van der Waals surface area contributed by atoms with Crippen LogP contribution in [-0.4, -0.2) is 105 Å². The lowest BCUT2D eigenvalue weighted by Gasteiger charge is -2.08. The molecule has 9 nitrogen and oxygen atoms in total. The largest absolute Gasteiger partial charge is 0.463 e. The number of hydrogen-bond donors (Lipinski definition) is 0. The topological polar surface area (TPSA) is 90.9 Å². The van der Waals surface area contributed by atoms with Crippen molar-refractivity contribution in [3.05, 3.63) is 0 Å². The molecule has 0 saturated heterocycles. The Morgan fingerprint density at radius 2 is 0.794 bits per heavy atom. The third-order valence-corrected chi connectivity index (χ3v) is 4.66. The van der Waals surface area contributed by atoms with E-state index < -0.39 is 0 Å². The smallest absolute Gasteiger partial charge is 0.305 e. The summed E-state index contributed by atoms with van der Waals surface area (Å²) in [6, 6.07) is 0. The molecule has 0 unspecified atom stereocenters. The minimum atomic E-state index is -0.136. The monoisotopic (exact) mass is 494 g/mol. The molecule has 0 aromatic carbocycles. The number of rotatable bonds is 29. The molecule has 0 radical (unpaired) electrons. The average molecular weight is 495 g/mol. The van der Waals surface area contributed by atoms with Crippen LogP contribution in [-0.2, 0) is 42.7 Å². The number of carbonyl (C=O) groups excluding carboxylic acids is 1. The summed E-state index contributed by atoms with van der Waals surface area (Å²) in [6.45, 7) is 12.0. The van der Waals surface area contributed by atoms with E-state index in [1.807, 2.05) is 6.92 Å². The van der Waals surface area contributed by atoms with Crippen LogP contribution >= 0.6 is 0 Å². The highest BCUT2D eigenvalue weighted by Gasteiger charge is 2.02. The third-order valence-electron chi connectivity index (χ3n) is 4.66. The Kier molecular flexibility index (Phi) is 29.5. The lowest BCUT2D eigenvalue weighted by Crippen LogP contribution is -2.15. The van der Waals surface area contributed by atoms with Crippen molar-refractivity contribution in [2.24, 2.45) is 0 Å². The van der Waals surface area contributed by atoms with Crippen LogP contribution in [0.1, 0.15) is 58.8 Å². The number of unbranched alkanes of at least 4 members (excludes halogenated alkanes) is 5. The quantitative estimate of drug-likeness (QED) is 0.115. The van der Waals surface area contributed by atoms with Gasteiger partial charge in [0.15, 0.2) is 0 Å². The first-order valence-electron chi connectivity index (χ1n) is 13.0. The van der Waals surface area contributed by atoms with E-state index in [9.17, 15) is 4.79 Å². The number of esters is 1. The molecule has 0 rings (SSSR count). The predicted molar refractivity (Wildman–Crippen MR) is 130 cm³/mol. The Balaban J connectivity index is 3.09. The first-order valence-corrected chi connectivity index (χ1v) is 13.0. The Hall–Kier alpha value is -0.810. The highest BCUT2D eigenvalue weighted by atomic mass is 16.6. The molecule has 0 aliphatic rings. The molecule has 0 bridgehead atoms. The Labute approximate surface area is 207 Å². The lowest BCUT2D eigenvalue weighted by molar-refractivity contribution is -0.145. The van der Waals surface area contributed by atoms with Crippen LogP contribution in [0.15, 0.2) is 0 Å². The number of carbonyl (C=O) groups is 1. The summed E-state index contributed by atoms with van der Waals surface area (Å²) < 4.78 is 42.8. The van der Waals surface area contributed by atoms with Crippen molar-refractivity contribution in [2.75, 3.05) is 99.1 Å². The second-order valence-electron chi connectivity index (χ2n) is 7.61. The second kappa shape index (κ2) is 30.2. The summed E-state index contributed by atoms with van der Waals surface area (Å²) >= 11 is 0. The van der Waals surface area contributed by atoms with Crippen molar-refractivity contribution >= 4 is 5.97 Å². The van der Waals surface area contributed by atoms with Crippen LogP contribution in [0, 0.1) is 0 Å². The first-order chi connectivity index (χ1) is 16.8. The van der Waals surface area contributed by atoms with Gasteiger partial charge >= 0.3 is 5.97 Å². The molecule has 0 aliphatic heterocycles. The van der Waals surface area contributed by atoms with Gasteiger partial charge in [-0.1, -0.05) is 39.0 Å². The van der Waals surface area contributed by atoms with E-state index in [-0.39, 0.29) is 5.97 Å². The molecule has 9 heteroatoms. The molecule has 34 heavy (non-hydrogen) atoms. The van der Waals surface area contributed by atoms with E-state index in [1.165, 1.54) is 25.7 Å². The number of ether oxygens (including phenoxy) is 8. The average Bonchev–Trinajstić information content (AvgIpc) is 2.84. The molecule has 204 valence electrons. The standard InChI is InChI=1S/C25H50O9/c1-3-5-6-7-8-9-10-25(26)34-24-23-33-22-21-32-20-19-31-18-17-30-16-15-29-14-13-28-12-11-27-4-2/h3-24H2,1-2H3. The van der Waals surface area contributed by atoms with E-state index in [1.54, 1.807) is 0 Å². The summed E-state index contributed by atoms with van der Waals surface area (Å²) in [5.41, 5.74) is 0. The second-order valence-corrected chi connectivity index (χ2v) is 7.61. The third kappa shape index (κ3) is 29.2. The zero-order valence-electron chi connectivity index (χ0n) is 21.7. The molecule has 0 aromatic rings. The van der Waals surface area contributed by atoms with Gasteiger partial charge in [0.2, 0.25) is 0 Å². The minimum Gasteiger partial charge on any atom is -0.463 e. The van der Waals surface area contributed by atoms with Gasteiger partial charge in [0.25, 0.3) is 0 Å². The van der Waals surface area contributed by atoms with Crippen molar-refractivity contribution in [1.82, 2.24) is 0 Å². The zero-order chi connectivity index (χ0) is 24.8. The Morgan fingerprint density at radius 3 is 1.21 bits per heavy atom. The molecule has 0 spiro atoms. The van der Waals surface area contributed by atoms with Gasteiger partial charge in [-0.3, -0.25) is 4.79 Å². The SMILES string of the molecule is CCCCCCCCC(=O)OCCOCCOCCOCCOCCOCCOCCOCC. The van der Waals surface area contributed by atoms with Gasteiger partial charge < -0.3 is 37.9 Å². The maximum atomic E-state index is 11.6. The van der Waals surface area contributed by atoms with E-state index in [0.29, 0.717) is 106 Å². The Bertz CT molecular complexity index is 397. The van der Waals surface area contributed by atoms with E-state index in [0.717, 1.165) is 12.8 Å². The molecule has 0 amide bonds. The maximum absolute atomic E-state index is 11.6. The first kappa shape index (κ1) is 33.2. The van der Waals surface area contributed by atoms with E-state index in [4.69, 9.17) is 37.9 Å². The highest BCUT2D eigenvalue weighted by Crippen LogP contribution is 2.07. The molecule has 0 aromatic heterocycles. The summed E-state index contributed by atoms with van der Waals surface area (Å²) in [4.78, 5) is 11.6. The van der Waals surface area contributed by atoms with Crippen molar-refractivity contribution in [2.45, 2.75) is 58.8 Å². The zero-order valence-corrected chi connectivity index (χ0v) is 21.7. The van der Waals surface area contributed by atoms with Crippen molar-refractivity contribution in [3.63, 3.8) is 0 Å². The molecule has 0 heterocycles. The van der Waals surface area contributed by atoms with E-state index >= 15 is 0 Å². The summed E-state index contributed by atoms with van der Waals surface area (Å²) in [5, 5.41) is 0. The van der Waals surface area contributed by atoms with Gasteiger partial charge in [-0.25, -0.2) is 0 Å². The fraction of sp³-hybridized carbons (Fsp3) is 0.960. The number of hydrogen-bond acceptors (Lipinski definition) is 9. The molecule has 0 N–H and O–H groups in total. The van der Waals surface area contributed by atoms with Crippen LogP contribution in [0.3, 0.4) is 0 Å². The van der Waals surface area contributed by atoms with Gasteiger partial charge in [-0.05, 0) is 13.3 Å². The van der Waals surface area contributed by atoms with Gasteiger partial charge in [0.1, 0.15) is 6.61 Å². The van der Waals surface area contributed by atoms with Crippen LogP contribution < -0.4 is 0 Å². The summed E-state index contributed by atoms with van der Waals surface area (Å²) in [6.07, 6.45) is 7.47. The fourth-order valence-electron chi connectivity index (χ4n) is 2.80. The van der Waals surface area contributed by atoms with Crippen LogP contribution in [0.4, 0.5) is 0 Å². The molecular formula is C25H50O9. The molecule has 0 atom stereocenters. The van der Waals surface area contributed by atoms with Crippen LogP contribution in [0.5, 0.6) is 0 Å². The van der Waals surface area contributed by atoms with E-state index in [2.05, 4.69) is 6.92 Å². The maximum Gasteiger partial charge on any atom is 0.305 e. The molecule has 0 saturated carbocycles. The molecule has 0 fully saturated rings. The summed E-state index contributed by atoms with van der Waals surface area (Å²) in [5.74, 6) is -0.136. The lowest BCUT2D eigenvalue weighted by atomic mass is 10.1. The van der Waals surface area contributed by atoms with Crippen molar-refractivity contribution in [1.29, 1.82) is 0 Å². The van der Waals surface area contributed by atoms with Gasteiger partial charge in [0, 0.05) is 13.0 Å². The highest BCUT2D eigenvalue weighted by molar-refractivity contribution is 5.69. The fourth-order valence-corrected chi connectivity index (χ4v) is 2.80. The van der Waals surface area contributed by atoms with Crippen molar-refractivity contribution < 1.29 is 42.7 Å². The molecule has 0 aliphatic carbocycles. The van der Waals surface area contributed by atoms with Crippen molar-refractivity contribution in [3.8, 4) is 0 Å². The van der Waals surface area contributed by atoms with Crippen LogP contribution in [0.2, 0.25) is 0 Å². The normalized spacial score (nSPS) is 11.2. The van der Waals surface area contributed by atoms with Crippen LogP contribution in [0.25, 0.3) is 0 Å². The van der Waals surface area contributed by atoms with Gasteiger partial charge in [-0.2, -0.15) is 0 Å². The Morgan fingerprint density at radius 1 is 0.441 bits per heavy atom. The predicted octanol–water partition coefficient (Wildman–Crippen LogP) is 3.42. The van der Waals surface area contributed by atoms with Gasteiger partial charge in [-0.15, -0.1) is 0 Å². The summed E-state index contributed by atoms with van der Waals surface area (Å²) in [7, 11) is 0.